The first kappa shape index (κ1) is 16.2. The van der Waals surface area contributed by atoms with Crippen molar-refractivity contribution in [1.82, 2.24) is 14.8 Å². The average Bonchev–Trinajstić information content (AvgIpc) is 3.08. The van der Waals surface area contributed by atoms with Crippen molar-refractivity contribution < 1.29 is 9.53 Å². The number of nitrogens with two attached hydrogens (primary N) is 1. The number of thiazole rings is 1. The number of para-hydroxylation sites is 1. The third kappa shape index (κ3) is 2.78. The van der Waals surface area contributed by atoms with Gasteiger partial charge >= 0.3 is 5.97 Å². The molecular formula is C17H18N4O2S. The number of ether oxygens (including phenoxy) is 1. The third-order valence-electron chi connectivity index (χ3n) is 3.57. The molecule has 0 spiro atoms. The molecule has 2 aromatic heterocycles. The lowest BCUT2D eigenvalue weighted by Gasteiger charge is -2.03. The second kappa shape index (κ2) is 6.45. The monoisotopic (exact) mass is 342 g/mol. The first-order chi connectivity index (χ1) is 11.5. The lowest BCUT2D eigenvalue weighted by Crippen LogP contribution is -2.03. The topological polar surface area (TPSA) is 83.0 Å². The van der Waals surface area contributed by atoms with Gasteiger partial charge in [0.25, 0.3) is 0 Å². The van der Waals surface area contributed by atoms with E-state index in [1.807, 2.05) is 37.3 Å². The van der Waals surface area contributed by atoms with Crippen molar-refractivity contribution in [3.63, 3.8) is 0 Å². The Bertz CT molecular complexity index is 884. The molecule has 0 radical (unpaired) electrons. The van der Waals surface area contributed by atoms with E-state index in [4.69, 9.17) is 10.5 Å². The number of carbonyl (C=O) groups is 1. The van der Waals surface area contributed by atoms with E-state index in [-0.39, 0.29) is 5.97 Å². The zero-order chi connectivity index (χ0) is 17.3. The maximum atomic E-state index is 12.0. The fraction of sp³-hybridized carbons (Fsp3) is 0.235. The molecule has 0 amide bonds. The van der Waals surface area contributed by atoms with Gasteiger partial charge in [-0.15, -0.1) is 11.3 Å². The Morgan fingerprint density at radius 3 is 2.62 bits per heavy atom. The van der Waals surface area contributed by atoms with Crippen molar-refractivity contribution >= 4 is 23.1 Å². The summed E-state index contributed by atoms with van der Waals surface area (Å²) >= 11 is 1.28. The van der Waals surface area contributed by atoms with E-state index in [0.717, 1.165) is 16.9 Å². The second-order valence-corrected chi connectivity index (χ2v) is 6.25. The van der Waals surface area contributed by atoms with Crippen LogP contribution in [0.5, 0.6) is 0 Å². The van der Waals surface area contributed by atoms with Gasteiger partial charge in [-0.3, -0.25) is 0 Å². The Morgan fingerprint density at radius 2 is 1.96 bits per heavy atom. The van der Waals surface area contributed by atoms with Gasteiger partial charge in [0.1, 0.15) is 15.7 Å². The number of nitrogen functional groups attached to an aromatic ring is 1. The predicted octanol–water partition coefficient (Wildman–Crippen LogP) is 3.37. The normalized spacial score (nSPS) is 10.8. The molecule has 2 heterocycles. The molecule has 24 heavy (non-hydrogen) atoms. The van der Waals surface area contributed by atoms with Gasteiger partial charge in [0.2, 0.25) is 0 Å². The van der Waals surface area contributed by atoms with Gasteiger partial charge in [0, 0.05) is 0 Å². The fourth-order valence-electron chi connectivity index (χ4n) is 2.46. The minimum absolute atomic E-state index is 0.332. The highest BCUT2D eigenvalue weighted by molar-refractivity contribution is 7.17. The molecule has 3 rings (SSSR count). The highest BCUT2D eigenvalue weighted by Crippen LogP contribution is 2.35. The van der Waals surface area contributed by atoms with E-state index in [0.29, 0.717) is 28.0 Å². The van der Waals surface area contributed by atoms with Crippen LogP contribution >= 0.6 is 11.3 Å². The van der Waals surface area contributed by atoms with Gasteiger partial charge in [0.05, 0.1) is 29.2 Å². The minimum Gasteiger partial charge on any atom is -0.462 e. The minimum atomic E-state index is -0.356. The van der Waals surface area contributed by atoms with Crippen LogP contribution in [0.1, 0.15) is 28.0 Å². The molecule has 2 N–H and O–H groups in total. The molecule has 0 atom stereocenters. The quantitative estimate of drug-likeness (QED) is 0.735. The number of benzene rings is 1. The predicted molar refractivity (Wildman–Crippen MR) is 94.5 cm³/mol. The van der Waals surface area contributed by atoms with Gasteiger partial charge in [-0.2, -0.15) is 5.10 Å². The number of aryl methyl sites for hydroxylation is 2. The van der Waals surface area contributed by atoms with E-state index in [9.17, 15) is 4.79 Å². The molecule has 0 saturated carbocycles. The Labute approximate surface area is 143 Å². The summed E-state index contributed by atoms with van der Waals surface area (Å²) in [5.74, 6) is 0.147. The highest BCUT2D eigenvalue weighted by atomic mass is 32.1. The summed E-state index contributed by atoms with van der Waals surface area (Å²) in [5, 5.41) is 5.19. The molecule has 0 saturated heterocycles. The van der Waals surface area contributed by atoms with Crippen molar-refractivity contribution in [2.24, 2.45) is 0 Å². The molecular weight excluding hydrogens is 324 g/mol. The number of hydrogen-bond donors (Lipinski definition) is 1. The number of nitrogens with zero attached hydrogens (tertiary/aromatic N) is 3. The van der Waals surface area contributed by atoms with E-state index in [1.165, 1.54) is 11.3 Å². The molecule has 0 fully saturated rings. The van der Waals surface area contributed by atoms with E-state index >= 15 is 0 Å². The molecule has 0 bridgehead atoms. The van der Waals surface area contributed by atoms with E-state index in [1.54, 1.807) is 18.5 Å². The van der Waals surface area contributed by atoms with E-state index < -0.39 is 0 Å². The number of rotatable bonds is 4. The molecule has 0 aliphatic carbocycles. The molecule has 1 aromatic carbocycles. The van der Waals surface area contributed by atoms with Crippen LogP contribution in [0.2, 0.25) is 0 Å². The third-order valence-corrected chi connectivity index (χ3v) is 4.72. The van der Waals surface area contributed by atoms with Crippen molar-refractivity contribution in [3.05, 3.63) is 46.6 Å². The van der Waals surface area contributed by atoms with Gasteiger partial charge < -0.3 is 10.5 Å². The summed E-state index contributed by atoms with van der Waals surface area (Å²) in [6.07, 6.45) is 0. The Morgan fingerprint density at radius 1 is 1.25 bits per heavy atom. The van der Waals surface area contributed by atoms with E-state index in [2.05, 4.69) is 10.1 Å². The first-order valence-electron chi connectivity index (χ1n) is 7.58. The smallest absolute Gasteiger partial charge is 0.350 e. The van der Waals surface area contributed by atoms with Gasteiger partial charge in [-0.05, 0) is 32.9 Å². The lowest BCUT2D eigenvalue weighted by molar-refractivity contribution is 0.0531. The molecule has 7 heteroatoms. The second-order valence-electron chi connectivity index (χ2n) is 5.25. The molecule has 3 aromatic rings. The Balaban J connectivity index is 2.07. The first-order valence-corrected chi connectivity index (χ1v) is 8.40. The molecule has 0 aliphatic rings. The van der Waals surface area contributed by atoms with Crippen LogP contribution in [-0.2, 0) is 4.74 Å². The van der Waals surface area contributed by atoms with Crippen LogP contribution in [0.3, 0.4) is 0 Å². The Hall–Kier alpha value is -2.67. The summed E-state index contributed by atoms with van der Waals surface area (Å²) in [7, 11) is 0. The summed E-state index contributed by atoms with van der Waals surface area (Å²) in [6, 6.07) is 9.66. The van der Waals surface area contributed by atoms with Crippen molar-refractivity contribution in [3.8, 4) is 16.3 Å². The van der Waals surface area contributed by atoms with Gasteiger partial charge in [-0.25, -0.2) is 14.5 Å². The van der Waals surface area contributed by atoms with Crippen LogP contribution in [0.4, 0.5) is 5.82 Å². The van der Waals surface area contributed by atoms with Crippen molar-refractivity contribution in [1.29, 1.82) is 0 Å². The average molecular weight is 342 g/mol. The lowest BCUT2D eigenvalue weighted by atomic mass is 10.2. The van der Waals surface area contributed by atoms with Gasteiger partial charge in [0.15, 0.2) is 0 Å². The maximum Gasteiger partial charge on any atom is 0.350 e. The molecule has 0 aliphatic heterocycles. The number of hydrogen-bond acceptors (Lipinski definition) is 6. The van der Waals surface area contributed by atoms with Crippen LogP contribution in [0.15, 0.2) is 30.3 Å². The van der Waals surface area contributed by atoms with Crippen LogP contribution in [-0.4, -0.2) is 27.3 Å². The van der Waals surface area contributed by atoms with Crippen LogP contribution < -0.4 is 5.73 Å². The van der Waals surface area contributed by atoms with Crippen molar-refractivity contribution in [2.45, 2.75) is 20.8 Å². The zero-order valence-corrected chi connectivity index (χ0v) is 14.6. The van der Waals surface area contributed by atoms with Crippen molar-refractivity contribution in [2.75, 3.05) is 12.3 Å². The Kier molecular flexibility index (Phi) is 4.35. The standard InChI is InChI=1S/C17H18N4O2S/c1-4-23-17(22)14-11(3)19-16(24-14)13-10(2)20-21(15(13)18)12-8-6-5-7-9-12/h5-9H,4,18H2,1-3H3. The van der Waals surface area contributed by atoms with Crippen LogP contribution in [0.25, 0.3) is 16.3 Å². The molecule has 0 unspecified atom stereocenters. The summed E-state index contributed by atoms with van der Waals surface area (Å²) in [6.45, 7) is 5.78. The SMILES string of the molecule is CCOC(=O)c1sc(-c2c(C)nn(-c3ccccc3)c2N)nc1C. The number of aromatic nitrogens is 3. The summed E-state index contributed by atoms with van der Waals surface area (Å²) < 4.78 is 6.76. The van der Waals surface area contributed by atoms with Gasteiger partial charge in [-0.1, -0.05) is 18.2 Å². The summed E-state index contributed by atoms with van der Waals surface area (Å²) in [5.41, 5.74) is 9.35. The molecule has 124 valence electrons. The fourth-order valence-corrected chi connectivity index (χ4v) is 3.53. The number of carbonyl (C=O) groups excluding carboxylic acids is 1. The number of anilines is 1. The zero-order valence-electron chi connectivity index (χ0n) is 13.7. The maximum absolute atomic E-state index is 12.0. The van der Waals surface area contributed by atoms with Crippen LogP contribution in [0, 0.1) is 13.8 Å². The molecule has 6 nitrogen and oxygen atoms in total. The summed E-state index contributed by atoms with van der Waals surface area (Å²) in [4.78, 5) is 17.0. The largest absolute Gasteiger partial charge is 0.462 e. The highest BCUT2D eigenvalue weighted by Gasteiger charge is 2.22. The number of esters is 1.